The van der Waals surface area contributed by atoms with Crippen molar-refractivity contribution in [3.8, 4) is 0 Å². The smallest absolute Gasteiger partial charge is 0.193 e. The molecule has 0 bridgehead atoms. The fourth-order valence-electron chi connectivity index (χ4n) is 2.66. The molecular formula is C19H26N4. The number of rotatable bonds is 7. The van der Waals surface area contributed by atoms with Gasteiger partial charge in [0.1, 0.15) is 0 Å². The number of nitrogens with one attached hydrogen (secondary N) is 1. The molecule has 2 aromatic carbocycles. The number of nitrogens with two attached hydrogens (primary N) is 1. The predicted molar refractivity (Wildman–Crippen MR) is 98.7 cm³/mol. The summed E-state index contributed by atoms with van der Waals surface area (Å²) < 4.78 is 0. The molecule has 1 atom stereocenters. The number of hydrogen-bond donors (Lipinski definition) is 2. The van der Waals surface area contributed by atoms with Gasteiger partial charge < -0.3 is 11.1 Å². The summed E-state index contributed by atoms with van der Waals surface area (Å²) >= 11 is 0. The highest BCUT2D eigenvalue weighted by atomic mass is 15.2. The first-order chi connectivity index (χ1) is 11.2. The zero-order valence-electron chi connectivity index (χ0n) is 13.9. The van der Waals surface area contributed by atoms with E-state index < -0.39 is 0 Å². The first-order valence-corrected chi connectivity index (χ1v) is 8.15. The van der Waals surface area contributed by atoms with Crippen LogP contribution in [0.2, 0.25) is 0 Å². The largest absolute Gasteiger partial charge is 0.370 e. The minimum atomic E-state index is 0.238. The predicted octanol–water partition coefficient (Wildman–Crippen LogP) is 3.50. The Morgan fingerprint density at radius 1 is 1.00 bits per heavy atom. The van der Waals surface area contributed by atoms with Crippen molar-refractivity contribution in [1.82, 2.24) is 4.90 Å². The van der Waals surface area contributed by atoms with E-state index >= 15 is 0 Å². The van der Waals surface area contributed by atoms with Crippen molar-refractivity contribution in [2.24, 2.45) is 10.7 Å². The van der Waals surface area contributed by atoms with Crippen molar-refractivity contribution < 1.29 is 0 Å². The van der Waals surface area contributed by atoms with Crippen LogP contribution in [-0.4, -0.2) is 30.5 Å². The van der Waals surface area contributed by atoms with E-state index in [1.54, 1.807) is 0 Å². The molecule has 0 saturated heterocycles. The molecule has 0 fully saturated rings. The van der Waals surface area contributed by atoms with Crippen LogP contribution in [0.4, 0.5) is 5.69 Å². The topological polar surface area (TPSA) is 53.6 Å². The number of nitrogens with zero attached hydrogens (tertiary/aromatic N) is 2. The Labute approximate surface area is 139 Å². The molecule has 2 aromatic rings. The quantitative estimate of drug-likeness (QED) is 0.608. The molecule has 4 nitrogen and oxygen atoms in total. The van der Waals surface area contributed by atoms with E-state index in [9.17, 15) is 0 Å². The molecule has 0 aliphatic heterocycles. The van der Waals surface area contributed by atoms with Crippen molar-refractivity contribution in [3.05, 3.63) is 66.2 Å². The number of hydrogen-bond acceptors (Lipinski definition) is 2. The maximum atomic E-state index is 6.04. The number of para-hydroxylation sites is 1. The van der Waals surface area contributed by atoms with Gasteiger partial charge in [-0.2, -0.15) is 0 Å². The van der Waals surface area contributed by atoms with Gasteiger partial charge in [-0.15, -0.1) is 0 Å². The molecule has 0 heterocycles. The normalized spacial score (nSPS) is 13.1. The van der Waals surface area contributed by atoms with E-state index in [-0.39, 0.29) is 6.04 Å². The second-order valence-corrected chi connectivity index (χ2v) is 5.36. The van der Waals surface area contributed by atoms with Crippen LogP contribution >= 0.6 is 0 Å². The molecule has 0 aliphatic carbocycles. The lowest BCUT2D eigenvalue weighted by molar-refractivity contribution is 0.224. The standard InChI is InChI=1S/C19H26N4/c1-3-23(4-2)18(16-11-7-5-8-12-16)15-21-19(20)22-17-13-9-6-10-14-17/h5-14,18H,3-4,15H2,1-2H3,(H3,20,21,22). The number of anilines is 1. The summed E-state index contributed by atoms with van der Waals surface area (Å²) in [6.45, 7) is 6.95. The Bertz CT molecular complexity index is 591. The first kappa shape index (κ1) is 17.0. The van der Waals surface area contributed by atoms with Gasteiger partial charge in [0.25, 0.3) is 0 Å². The minimum absolute atomic E-state index is 0.238. The molecule has 122 valence electrons. The molecule has 0 saturated carbocycles. The van der Waals surface area contributed by atoms with Crippen LogP contribution in [0.5, 0.6) is 0 Å². The molecule has 0 spiro atoms. The molecule has 0 aliphatic rings. The van der Waals surface area contributed by atoms with Crippen molar-refractivity contribution in [2.75, 3.05) is 25.0 Å². The third-order valence-corrected chi connectivity index (χ3v) is 3.92. The van der Waals surface area contributed by atoms with E-state index in [1.807, 2.05) is 36.4 Å². The van der Waals surface area contributed by atoms with Gasteiger partial charge in [-0.1, -0.05) is 62.4 Å². The Balaban J connectivity index is 2.09. The van der Waals surface area contributed by atoms with Crippen LogP contribution in [0, 0.1) is 0 Å². The van der Waals surface area contributed by atoms with E-state index in [2.05, 4.69) is 53.3 Å². The minimum Gasteiger partial charge on any atom is -0.370 e. The summed E-state index contributed by atoms with van der Waals surface area (Å²) in [5.74, 6) is 0.448. The highest BCUT2D eigenvalue weighted by Crippen LogP contribution is 2.20. The van der Waals surface area contributed by atoms with Crippen LogP contribution in [0.3, 0.4) is 0 Å². The zero-order valence-corrected chi connectivity index (χ0v) is 13.9. The zero-order chi connectivity index (χ0) is 16.5. The summed E-state index contributed by atoms with van der Waals surface area (Å²) in [4.78, 5) is 6.95. The Kier molecular flexibility index (Phi) is 6.63. The molecule has 0 amide bonds. The average molecular weight is 310 g/mol. The third kappa shape index (κ3) is 5.11. The maximum absolute atomic E-state index is 6.04. The van der Waals surface area contributed by atoms with Crippen LogP contribution in [0.15, 0.2) is 65.7 Å². The van der Waals surface area contributed by atoms with Crippen molar-refractivity contribution in [2.45, 2.75) is 19.9 Å². The van der Waals surface area contributed by atoms with Gasteiger partial charge in [0.2, 0.25) is 0 Å². The van der Waals surface area contributed by atoms with E-state index in [4.69, 9.17) is 5.73 Å². The summed E-state index contributed by atoms with van der Waals surface area (Å²) in [6, 6.07) is 20.6. The Morgan fingerprint density at radius 3 is 2.13 bits per heavy atom. The summed E-state index contributed by atoms with van der Waals surface area (Å²) in [5, 5.41) is 3.13. The molecule has 0 radical (unpaired) electrons. The second-order valence-electron chi connectivity index (χ2n) is 5.36. The number of benzene rings is 2. The maximum Gasteiger partial charge on any atom is 0.193 e. The summed E-state index contributed by atoms with van der Waals surface area (Å²) in [7, 11) is 0. The van der Waals surface area contributed by atoms with Crippen molar-refractivity contribution >= 4 is 11.6 Å². The molecular weight excluding hydrogens is 284 g/mol. The van der Waals surface area contributed by atoms with E-state index in [0.29, 0.717) is 12.5 Å². The highest BCUT2D eigenvalue weighted by Gasteiger charge is 2.17. The van der Waals surface area contributed by atoms with Gasteiger partial charge >= 0.3 is 0 Å². The van der Waals surface area contributed by atoms with Crippen LogP contribution in [0.25, 0.3) is 0 Å². The van der Waals surface area contributed by atoms with Gasteiger partial charge in [0.05, 0.1) is 12.6 Å². The van der Waals surface area contributed by atoms with Crippen LogP contribution in [0.1, 0.15) is 25.5 Å². The van der Waals surface area contributed by atoms with Gasteiger partial charge in [0.15, 0.2) is 5.96 Å². The molecule has 0 aromatic heterocycles. The number of guanidine groups is 1. The SMILES string of the molecule is CCN(CC)C(CN=C(N)Nc1ccccc1)c1ccccc1. The lowest BCUT2D eigenvalue weighted by Crippen LogP contribution is -2.32. The van der Waals surface area contributed by atoms with Gasteiger partial charge in [-0.05, 0) is 30.8 Å². The van der Waals surface area contributed by atoms with E-state index in [1.165, 1.54) is 5.56 Å². The second kappa shape index (κ2) is 8.96. The first-order valence-electron chi connectivity index (χ1n) is 8.15. The van der Waals surface area contributed by atoms with E-state index in [0.717, 1.165) is 18.8 Å². The molecule has 3 N–H and O–H groups in total. The van der Waals surface area contributed by atoms with Crippen LogP contribution in [-0.2, 0) is 0 Å². The van der Waals surface area contributed by atoms with Crippen molar-refractivity contribution in [3.63, 3.8) is 0 Å². The van der Waals surface area contributed by atoms with Gasteiger partial charge in [-0.3, -0.25) is 9.89 Å². The van der Waals surface area contributed by atoms with Crippen molar-refractivity contribution in [1.29, 1.82) is 0 Å². The third-order valence-electron chi connectivity index (χ3n) is 3.92. The fourth-order valence-corrected chi connectivity index (χ4v) is 2.66. The van der Waals surface area contributed by atoms with Gasteiger partial charge in [-0.25, -0.2) is 0 Å². The average Bonchev–Trinajstić information content (AvgIpc) is 2.60. The monoisotopic (exact) mass is 310 g/mol. The number of likely N-dealkylation sites (N-methyl/N-ethyl adjacent to an activating group) is 1. The molecule has 1 unspecified atom stereocenters. The highest BCUT2D eigenvalue weighted by molar-refractivity contribution is 5.92. The number of aliphatic imine (C=N–C) groups is 1. The fraction of sp³-hybridized carbons (Fsp3) is 0.316. The molecule has 2 rings (SSSR count). The van der Waals surface area contributed by atoms with Crippen LogP contribution < -0.4 is 11.1 Å². The lowest BCUT2D eigenvalue weighted by Gasteiger charge is -2.29. The summed E-state index contributed by atoms with van der Waals surface area (Å²) in [5.41, 5.74) is 8.26. The Hall–Kier alpha value is -2.33. The lowest BCUT2D eigenvalue weighted by atomic mass is 10.1. The summed E-state index contributed by atoms with van der Waals surface area (Å²) in [6.07, 6.45) is 0. The molecule has 4 heteroatoms. The Morgan fingerprint density at radius 2 is 1.57 bits per heavy atom. The molecule has 23 heavy (non-hydrogen) atoms. The van der Waals surface area contributed by atoms with Gasteiger partial charge in [0, 0.05) is 5.69 Å².